The molecule has 0 spiro atoms. The molecule has 1 aromatic heterocycles. The first-order chi connectivity index (χ1) is 30.7. The number of hydrogen-bond acceptors (Lipinski definition) is 2. The average molecular weight is 792 g/mol. The molecule has 2 nitrogen and oxygen atoms in total. The van der Waals surface area contributed by atoms with E-state index in [2.05, 4.69) is 235 Å². The zero-order chi connectivity index (χ0) is 41.2. The molecule has 0 saturated carbocycles. The molecule has 0 aliphatic rings. The quantitative estimate of drug-likeness (QED) is 0.145. The van der Waals surface area contributed by atoms with E-state index in [9.17, 15) is 0 Å². The van der Waals surface area contributed by atoms with Crippen LogP contribution < -0.4 is 4.90 Å². The molecule has 11 rings (SSSR count). The molecule has 1 heterocycles. The predicted molar refractivity (Wildman–Crippen MR) is 261 cm³/mol. The van der Waals surface area contributed by atoms with Gasteiger partial charge in [0.25, 0.3) is 0 Å². The zero-order valence-electron chi connectivity index (χ0n) is 34.0. The van der Waals surface area contributed by atoms with E-state index in [1.165, 1.54) is 33.0 Å². The summed E-state index contributed by atoms with van der Waals surface area (Å²) in [4.78, 5) is 2.38. The van der Waals surface area contributed by atoms with Gasteiger partial charge in [0.15, 0.2) is 0 Å². The second-order valence-electron chi connectivity index (χ2n) is 15.7. The Morgan fingerprint density at radius 3 is 1.39 bits per heavy atom. The van der Waals surface area contributed by atoms with Gasteiger partial charge in [-0.25, -0.2) is 0 Å². The van der Waals surface area contributed by atoms with Gasteiger partial charge in [0.1, 0.15) is 11.3 Å². The fraction of sp³-hybridized carbons (Fsp3) is 0. The fourth-order valence-electron chi connectivity index (χ4n) is 8.79. The third-order valence-corrected chi connectivity index (χ3v) is 11.9. The van der Waals surface area contributed by atoms with Crippen molar-refractivity contribution in [2.45, 2.75) is 0 Å². The van der Waals surface area contributed by atoms with Crippen LogP contribution in [0.3, 0.4) is 0 Å². The van der Waals surface area contributed by atoms with Crippen LogP contribution in [0.25, 0.3) is 88.7 Å². The Hall–Kier alpha value is -8.20. The SMILES string of the molecule is c1ccc(-c2ccc(-c3ccccc3N(c3ccc(-c4ccc(-c5ccccc5-c5cc6ccccc6o5)cc4)cc3)c3ccc(-c4cccc5ccccc45)cc3)cc2)cc1. The lowest BCUT2D eigenvalue weighted by atomic mass is 9.95. The minimum Gasteiger partial charge on any atom is -0.456 e. The largest absolute Gasteiger partial charge is 0.456 e. The van der Waals surface area contributed by atoms with Gasteiger partial charge in [0, 0.05) is 27.9 Å². The van der Waals surface area contributed by atoms with E-state index in [1.54, 1.807) is 0 Å². The number of fused-ring (bicyclic) bond motifs is 2. The molecule has 11 aromatic rings. The standard InChI is InChI=1S/C60H41NO/c1-2-13-42(14-3-1)43-27-31-49(32-28-43)56-20-9-10-23-58(56)61(52-39-35-48(36-40-52)54-22-12-17-46-15-4-6-18-53(46)54)51-37-33-45(34-38-51)44-25-29-47(30-26-44)55-19-7-8-21-57(55)60-41-50-16-5-11-24-59(50)62-60/h1-41H. The second-order valence-corrected chi connectivity index (χ2v) is 15.7. The van der Waals surface area contributed by atoms with Crippen molar-refractivity contribution in [3.05, 3.63) is 249 Å². The highest BCUT2D eigenvalue weighted by Gasteiger charge is 2.18. The number of hydrogen-bond donors (Lipinski definition) is 0. The van der Waals surface area contributed by atoms with Gasteiger partial charge in [0.05, 0.1) is 5.69 Å². The number of nitrogens with zero attached hydrogens (tertiary/aromatic N) is 1. The van der Waals surface area contributed by atoms with Crippen LogP contribution in [0.1, 0.15) is 0 Å². The summed E-state index contributed by atoms with van der Waals surface area (Å²) >= 11 is 0. The van der Waals surface area contributed by atoms with Crippen molar-refractivity contribution in [1.82, 2.24) is 0 Å². The molecule has 0 N–H and O–H groups in total. The lowest BCUT2D eigenvalue weighted by molar-refractivity contribution is 0.632. The predicted octanol–water partition coefficient (Wildman–Crippen LogP) is 17.1. The van der Waals surface area contributed by atoms with Crippen molar-refractivity contribution in [3.8, 4) is 67.0 Å². The topological polar surface area (TPSA) is 16.4 Å². The van der Waals surface area contributed by atoms with E-state index in [1.807, 2.05) is 18.2 Å². The Labute approximate surface area is 362 Å². The van der Waals surface area contributed by atoms with Gasteiger partial charge in [-0.05, 0) is 103 Å². The van der Waals surface area contributed by atoms with E-state index in [-0.39, 0.29) is 0 Å². The number of benzene rings is 10. The van der Waals surface area contributed by atoms with Crippen LogP contribution in [-0.4, -0.2) is 0 Å². The van der Waals surface area contributed by atoms with Crippen LogP contribution in [0, 0.1) is 0 Å². The van der Waals surface area contributed by atoms with Gasteiger partial charge < -0.3 is 9.32 Å². The molecule has 0 atom stereocenters. The van der Waals surface area contributed by atoms with Crippen LogP contribution in [0.15, 0.2) is 253 Å². The molecule has 0 fully saturated rings. The first kappa shape index (κ1) is 36.8. The molecule has 0 unspecified atom stereocenters. The van der Waals surface area contributed by atoms with E-state index in [0.29, 0.717) is 0 Å². The number of furan rings is 1. The van der Waals surface area contributed by atoms with Crippen molar-refractivity contribution < 1.29 is 4.42 Å². The number of rotatable bonds is 9. The molecule has 0 radical (unpaired) electrons. The minimum atomic E-state index is 0.875. The molecule has 2 heteroatoms. The first-order valence-corrected chi connectivity index (χ1v) is 21.2. The van der Waals surface area contributed by atoms with Crippen molar-refractivity contribution in [2.75, 3.05) is 4.90 Å². The maximum Gasteiger partial charge on any atom is 0.136 e. The Morgan fingerprint density at radius 1 is 0.274 bits per heavy atom. The van der Waals surface area contributed by atoms with Crippen LogP contribution in [0.2, 0.25) is 0 Å². The van der Waals surface area contributed by atoms with Crippen LogP contribution in [0.4, 0.5) is 17.1 Å². The summed E-state index contributed by atoms with van der Waals surface area (Å²) in [6.07, 6.45) is 0. The monoisotopic (exact) mass is 791 g/mol. The second kappa shape index (κ2) is 16.1. The van der Waals surface area contributed by atoms with Crippen molar-refractivity contribution in [2.24, 2.45) is 0 Å². The molecule has 0 aliphatic carbocycles. The molecule has 0 saturated heterocycles. The van der Waals surface area contributed by atoms with E-state index in [0.717, 1.165) is 72.7 Å². The lowest BCUT2D eigenvalue weighted by Gasteiger charge is -2.28. The van der Waals surface area contributed by atoms with Gasteiger partial charge in [-0.1, -0.05) is 206 Å². The highest BCUT2D eigenvalue weighted by molar-refractivity contribution is 5.97. The zero-order valence-corrected chi connectivity index (χ0v) is 34.0. The summed E-state index contributed by atoms with van der Waals surface area (Å²) in [5.74, 6) is 0.875. The molecule has 10 aromatic carbocycles. The van der Waals surface area contributed by atoms with Crippen LogP contribution >= 0.6 is 0 Å². The molecule has 0 amide bonds. The van der Waals surface area contributed by atoms with Crippen molar-refractivity contribution in [3.63, 3.8) is 0 Å². The Balaban J connectivity index is 0.950. The van der Waals surface area contributed by atoms with E-state index < -0.39 is 0 Å². The average Bonchev–Trinajstić information content (AvgIpc) is 3.80. The molecule has 0 aliphatic heterocycles. The summed E-state index contributed by atoms with van der Waals surface area (Å²) in [7, 11) is 0. The van der Waals surface area contributed by atoms with Crippen LogP contribution in [0.5, 0.6) is 0 Å². The number of anilines is 3. The number of para-hydroxylation sites is 2. The molecule has 62 heavy (non-hydrogen) atoms. The maximum absolute atomic E-state index is 6.29. The Morgan fingerprint density at radius 2 is 0.710 bits per heavy atom. The summed E-state index contributed by atoms with van der Waals surface area (Å²) in [6.45, 7) is 0. The highest BCUT2D eigenvalue weighted by Crippen LogP contribution is 2.43. The summed E-state index contributed by atoms with van der Waals surface area (Å²) in [5.41, 5.74) is 17.0. The normalized spacial score (nSPS) is 11.2. The van der Waals surface area contributed by atoms with Gasteiger partial charge in [-0.3, -0.25) is 0 Å². The summed E-state index contributed by atoms with van der Waals surface area (Å²) in [5, 5.41) is 3.60. The maximum atomic E-state index is 6.29. The molecule has 292 valence electrons. The van der Waals surface area contributed by atoms with Gasteiger partial charge in [-0.2, -0.15) is 0 Å². The first-order valence-electron chi connectivity index (χ1n) is 21.2. The van der Waals surface area contributed by atoms with Gasteiger partial charge in [0.2, 0.25) is 0 Å². The van der Waals surface area contributed by atoms with E-state index >= 15 is 0 Å². The molecule has 0 bridgehead atoms. The molecular weight excluding hydrogens is 751 g/mol. The van der Waals surface area contributed by atoms with E-state index in [4.69, 9.17) is 4.42 Å². The smallest absolute Gasteiger partial charge is 0.136 e. The summed E-state index contributed by atoms with van der Waals surface area (Å²) < 4.78 is 6.29. The third kappa shape index (κ3) is 7.04. The minimum absolute atomic E-state index is 0.875. The highest BCUT2D eigenvalue weighted by atomic mass is 16.3. The molecular formula is C60H41NO. The van der Waals surface area contributed by atoms with Crippen LogP contribution in [-0.2, 0) is 0 Å². The Bertz CT molecular complexity index is 3270. The fourth-order valence-corrected chi connectivity index (χ4v) is 8.79. The summed E-state index contributed by atoms with van der Waals surface area (Å²) in [6, 6.07) is 89.0. The van der Waals surface area contributed by atoms with Gasteiger partial charge >= 0.3 is 0 Å². The third-order valence-electron chi connectivity index (χ3n) is 11.9. The van der Waals surface area contributed by atoms with Gasteiger partial charge in [-0.15, -0.1) is 0 Å². The van der Waals surface area contributed by atoms with Crippen molar-refractivity contribution in [1.29, 1.82) is 0 Å². The van der Waals surface area contributed by atoms with Crippen molar-refractivity contribution >= 4 is 38.8 Å². The lowest BCUT2D eigenvalue weighted by Crippen LogP contribution is -2.11. The Kier molecular flexibility index (Phi) is 9.57.